The number of hydrogen-bond acceptors (Lipinski definition) is 8. The fourth-order valence-electron chi connectivity index (χ4n) is 4.32. The van der Waals surface area contributed by atoms with Crippen molar-refractivity contribution in [2.75, 3.05) is 26.4 Å². The van der Waals surface area contributed by atoms with Crippen LogP contribution in [0.3, 0.4) is 0 Å². The SMILES string of the molecule is CCOC(=O)C1=C(C)N=c2sc(=Cc3ccc(OCC)cc3)c(=O)n2C1c1ccc(OCC)c(OCC)c1. The van der Waals surface area contributed by atoms with E-state index in [1.807, 2.05) is 63.2 Å². The largest absolute Gasteiger partial charge is 0.494 e. The van der Waals surface area contributed by atoms with Gasteiger partial charge >= 0.3 is 5.97 Å². The maximum absolute atomic E-state index is 13.8. The maximum Gasteiger partial charge on any atom is 0.338 e. The van der Waals surface area contributed by atoms with Gasteiger partial charge in [0.2, 0.25) is 0 Å². The minimum Gasteiger partial charge on any atom is -0.494 e. The van der Waals surface area contributed by atoms with Gasteiger partial charge in [0.1, 0.15) is 5.75 Å². The molecule has 0 saturated heterocycles. The summed E-state index contributed by atoms with van der Waals surface area (Å²) in [4.78, 5) is 32.1. The van der Waals surface area contributed by atoms with Crippen LogP contribution in [0, 0.1) is 0 Å². The maximum atomic E-state index is 13.8. The van der Waals surface area contributed by atoms with Gasteiger partial charge in [-0.3, -0.25) is 9.36 Å². The van der Waals surface area contributed by atoms with Crippen molar-refractivity contribution in [1.29, 1.82) is 0 Å². The molecule has 0 amide bonds. The zero-order valence-electron chi connectivity index (χ0n) is 22.3. The lowest BCUT2D eigenvalue weighted by atomic mass is 9.95. The number of esters is 1. The van der Waals surface area contributed by atoms with E-state index in [1.54, 1.807) is 24.5 Å². The van der Waals surface area contributed by atoms with Gasteiger partial charge in [-0.2, -0.15) is 0 Å². The summed E-state index contributed by atoms with van der Waals surface area (Å²) in [5, 5.41) is 0. The zero-order chi connectivity index (χ0) is 27.2. The van der Waals surface area contributed by atoms with Gasteiger partial charge in [0.25, 0.3) is 5.56 Å². The first kappa shape index (κ1) is 27.2. The summed E-state index contributed by atoms with van der Waals surface area (Å²) in [6.07, 6.45) is 1.82. The standard InChI is InChI=1S/C29H32N2O6S/c1-6-34-21-13-10-19(11-14-21)16-24-27(32)31-26(20-12-15-22(35-7-2)23(17-20)36-8-3)25(28(33)37-9-4)18(5)30-29(31)38-24/h10-17,26H,6-9H2,1-5H3. The van der Waals surface area contributed by atoms with Crippen molar-refractivity contribution in [2.24, 2.45) is 4.99 Å². The van der Waals surface area contributed by atoms with Crippen LogP contribution in [0.25, 0.3) is 6.08 Å². The highest BCUT2D eigenvalue weighted by Crippen LogP contribution is 2.36. The summed E-state index contributed by atoms with van der Waals surface area (Å²) in [6.45, 7) is 10.9. The second-order valence-electron chi connectivity index (χ2n) is 8.38. The molecule has 0 bridgehead atoms. The van der Waals surface area contributed by atoms with Gasteiger partial charge in [0, 0.05) is 0 Å². The minimum absolute atomic E-state index is 0.206. The molecular weight excluding hydrogens is 504 g/mol. The molecule has 1 aliphatic rings. The predicted octanol–water partition coefficient (Wildman–Crippen LogP) is 3.99. The number of aromatic nitrogens is 1. The number of carbonyl (C=O) groups is 1. The summed E-state index contributed by atoms with van der Waals surface area (Å²) in [6, 6.07) is 12.3. The molecule has 0 radical (unpaired) electrons. The molecule has 200 valence electrons. The average molecular weight is 537 g/mol. The molecule has 1 atom stereocenters. The number of thiazole rings is 1. The van der Waals surface area contributed by atoms with E-state index >= 15 is 0 Å². The van der Waals surface area contributed by atoms with Crippen molar-refractivity contribution in [2.45, 2.75) is 40.7 Å². The van der Waals surface area contributed by atoms with Gasteiger partial charge in [-0.1, -0.05) is 29.5 Å². The quantitative estimate of drug-likeness (QED) is 0.364. The number of fused-ring (bicyclic) bond motifs is 1. The van der Waals surface area contributed by atoms with Crippen LogP contribution in [0.4, 0.5) is 0 Å². The van der Waals surface area contributed by atoms with E-state index in [9.17, 15) is 9.59 Å². The fraction of sp³-hybridized carbons (Fsp3) is 0.345. The van der Waals surface area contributed by atoms with Crippen LogP contribution >= 0.6 is 11.3 Å². The van der Waals surface area contributed by atoms with E-state index in [0.717, 1.165) is 11.3 Å². The monoisotopic (exact) mass is 536 g/mol. The highest BCUT2D eigenvalue weighted by Gasteiger charge is 2.34. The molecule has 2 aromatic carbocycles. The summed E-state index contributed by atoms with van der Waals surface area (Å²) in [7, 11) is 0. The molecule has 4 rings (SSSR count). The second kappa shape index (κ2) is 12.1. The highest BCUT2D eigenvalue weighted by molar-refractivity contribution is 7.07. The van der Waals surface area contributed by atoms with Gasteiger partial charge in [0.05, 0.1) is 48.3 Å². The van der Waals surface area contributed by atoms with Gasteiger partial charge < -0.3 is 18.9 Å². The summed E-state index contributed by atoms with van der Waals surface area (Å²) in [5.41, 5.74) is 2.14. The third kappa shape index (κ3) is 5.52. The van der Waals surface area contributed by atoms with Crippen LogP contribution in [0.5, 0.6) is 17.2 Å². The lowest BCUT2D eigenvalue weighted by molar-refractivity contribution is -0.139. The van der Waals surface area contributed by atoms with Crippen LogP contribution in [-0.4, -0.2) is 37.0 Å². The first-order valence-corrected chi connectivity index (χ1v) is 13.5. The van der Waals surface area contributed by atoms with Crippen molar-refractivity contribution < 1.29 is 23.7 Å². The minimum atomic E-state index is -0.734. The van der Waals surface area contributed by atoms with Crippen molar-refractivity contribution in [3.8, 4) is 17.2 Å². The van der Waals surface area contributed by atoms with E-state index in [-0.39, 0.29) is 12.2 Å². The molecular formula is C29H32N2O6S. The number of allylic oxidation sites excluding steroid dienone is 1. The Labute approximate surface area is 225 Å². The Morgan fingerprint density at radius 1 is 0.947 bits per heavy atom. The molecule has 0 spiro atoms. The molecule has 0 fully saturated rings. The zero-order valence-corrected chi connectivity index (χ0v) is 23.1. The lowest BCUT2D eigenvalue weighted by Gasteiger charge is -2.25. The predicted molar refractivity (Wildman–Crippen MR) is 147 cm³/mol. The van der Waals surface area contributed by atoms with Crippen molar-refractivity contribution in [3.63, 3.8) is 0 Å². The van der Waals surface area contributed by atoms with E-state index in [4.69, 9.17) is 18.9 Å². The lowest BCUT2D eigenvalue weighted by Crippen LogP contribution is -2.40. The van der Waals surface area contributed by atoms with Crippen LogP contribution in [-0.2, 0) is 9.53 Å². The topological polar surface area (TPSA) is 88.4 Å². The molecule has 8 nitrogen and oxygen atoms in total. The molecule has 2 heterocycles. The molecule has 9 heteroatoms. The van der Waals surface area contributed by atoms with E-state index in [2.05, 4.69) is 4.99 Å². The highest BCUT2D eigenvalue weighted by atomic mass is 32.1. The number of nitrogens with zero attached hydrogens (tertiary/aromatic N) is 2. The first-order chi connectivity index (χ1) is 18.4. The van der Waals surface area contributed by atoms with Gasteiger partial charge in [0.15, 0.2) is 16.3 Å². The molecule has 1 aromatic heterocycles. The van der Waals surface area contributed by atoms with Crippen molar-refractivity contribution in [3.05, 3.63) is 84.5 Å². The summed E-state index contributed by atoms with van der Waals surface area (Å²) < 4.78 is 24.5. The summed E-state index contributed by atoms with van der Waals surface area (Å²) >= 11 is 1.28. The molecule has 38 heavy (non-hydrogen) atoms. The Morgan fingerprint density at radius 2 is 1.63 bits per heavy atom. The number of ether oxygens (including phenoxy) is 4. The van der Waals surface area contributed by atoms with E-state index in [1.165, 1.54) is 11.3 Å². The summed E-state index contributed by atoms with van der Waals surface area (Å²) in [5.74, 6) is 1.40. The number of benzene rings is 2. The third-order valence-electron chi connectivity index (χ3n) is 5.89. The average Bonchev–Trinajstić information content (AvgIpc) is 3.20. The van der Waals surface area contributed by atoms with E-state index in [0.29, 0.717) is 57.5 Å². The molecule has 0 saturated carbocycles. The molecule has 0 aliphatic carbocycles. The second-order valence-corrected chi connectivity index (χ2v) is 9.39. The van der Waals surface area contributed by atoms with Crippen molar-refractivity contribution in [1.82, 2.24) is 4.57 Å². The van der Waals surface area contributed by atoms with E-state index < -0.39 is 12.0 Å². The van der Waals surface area contributed by atoms with Crippen molar-refractivity contribution >= 4 is 23.4 Å². The van der Waals surface area contributed by atoms with Gasteiger partial charge in [-0.15, -0.1) is 0 Å². The van der Waals surface area contributed by atoms with Crippen LogP contribution in [0.1, 0.15) is 51.8 Å². The van der Waals surface area contributed by atoms with Crippen LogP contribution in [0.15, 0.2) is 63.5 Å². The van der Waals surface area contributed by atoms with Gasteiger partial charge in [-0.05, 0) is 76.1 Å². The molecule has 1 aliphatic heterocycles. The van der Waals surface area contributed by atoms with Gasteiger partial charge in [-0.25, -0.2) is 9.79 Å². The smallest absolute Gasteiger partial charge is 0.338 e. The normalized spacial score (nSPS) is 15.1. The molecule has 3 aromatic rings. The Kier molecular flexibility index (Phi) is 8.68. The Bertz CT molecular complexity index is 1520. The Hall–Kier alpha value is -3.85. The van der Waals surface area contributed by atoms with Crippen LogP contribution < -0.4 is 29.1 Å². The van der Waals surface area contributed by atoms with Crippen LogP contribution in [0.2, 0.25) is 0 Å². The fourth-order valence-corrected chi connectivity index (χ4v) is 5.37. The number of hydrogen-bond donors (Lipinski definition) is 0. The third-order valence-corrected chi connectivity index (χ3v) is 6.87. The Balaban J connectivity index is 1.90. The molecule has 0 N–H and O–H groups in total. The first-order valence-electron chi connectivity index (χ1n) is 12.7. The number of carbonyl (C=O) groups excluding carboxylic acids is 1. The Morgan fingerprint density at radius 3 is 2.29 bits per heavy atom. The number of rotatable bonds is 10. The molecule has 1 unspecified atom stereocenters.